The minimum Gasteiger partial charge on any atom is -0.326 e. The van der Waals surface area contributed by atoms with Crippen molar-refractivity contribution in [2.75, 3.05) is 11.1 Å². The van der Waals surface area contributed by atoms with Crippen LogP contribution in [0.4, 0.5) is 5.69 Å². The summed E-state index contributed by atoms with van der Waals surface area (Å²) in [6, 6.07) is 13.4. The molecule has 2 aromatic carbocycles. The van der Waals surface area contributed by atoms with E-state index in [-0.39, 0.29) is 28.9 Å². The van der Waals surface area contributed by atoms with Gasteiger partial charge in [0.25, 0.3) is 0 Å². The molecule has 2 aromatic rings. The standard InChI is InChI=1S/C21H22N2O4S/c1-3-28(26,27)18-10-8-17(9-11-18)22-21(25)14-20-19-7-5-4-6-16(19)12-13-23(20)15(2)24/h4-13,20H,3,14H2,1-2H3,(H,22,25)/t20-/m0/s1. The number of hydrogen-bond donors (Lipinski definition) is 1. The third kappa shape index (κ3) is 4.14. The first-order chi connectivity index (χ1) is 13.3. The van der Waals surface area contributed by atoms with E-state index >= 15 is 0 Å². The minimum atomic E-state index is -3.28. The van der Waals surface area contributed by atoms with Crippen LogP contribution in [0.3, 0.4) is 0 Å². The van der Waals surface area contributed by atoms with Crippen molar-refractivity contribution in [1.29, 1.82) is 0 Å². The summed E-state index contributed by atoms with van der Waals surface area (Å²) in [7, 11) is -3.28. The minimum absolute atomic E-state index is 0.0220. The van der Waals surface area contributed by atoms with E-state index in [1.165, 1.54) is 19.1 Å². The van der Waals surface area contributed by atoms with Gasteiger partial charge in [-0.2, -0.15) is 0 Å². The Kier molecular flexibility index (Phi) is 5.65. The van der Waals surface area contributed by atoms with E-state index in [4.69, 9.17) is 0 Å². The maximum absolute atomic E-state index is 12.6. The molecule has 0 spiro atoms. The van der Waals surface area contributed by atoms with Crippen molar-refractivity contribution in [2.24, 2.45) is 0 Å². The summed E-state index contributed by atoms with van der Waals surface area (Å²) in [6.07, 6.45) is 3.65. The van der Waals surface area contributed by atoms with Crippen molar-refractivity contribution in [3.05, 3.63) is 65.9 Å². The van der Waals surface area contributed by atoms with E-state index < -0.39 is 15.9 Å². The Morgan fingerprint density at radius 2 is 1.75 bits per heavy atom. The van der Waals surface area contributed by atoms with Gasteiger partial charge in [0.15, 0.2) is 9.84 Å². The Morgan fingerprint density at radius 1 is 1.07 bits per heavy atom. The number of benzene rings is 2. The highest BCUT2D eigenvalue weighted by atomic mass is 32.2. The Hall–Kier alpha value is -2.93. The predicted octanol–water partition coefficient (Wildman–Crippen LogP) is 3.38. The predicted molar refractivity (Wildman–Crippen MR) is 108 cm³/mol. The largest absolute Gasteiger partial charge is 0.326 e. The highest BCUT2D eigenvalue weighted by molar-refractivity contribution is 7.91. The lowest BCUT2D eigenvalue weighted by Crippen LogP contribution is -2.33. The quantitative estimate of drug-likeness (QED) is 0.837. The second-order valence-electron chi connectivity index (χ2n) is 6.57. The fourth-order valence-electron chi connectivity index (χ4n) is 3.21. The average Bonchev–Trinajstić information content (AvgIpc) is 2.68. The normalized spacial score (nSPS) is 15.8. The number of fused-ring (bicyclic) bond motifs is 1. The van der Waals surface area contributed by atoms with Crippen LogP contribution < -0.4 is 5.32 Å². The molecule has 1 heterocycles. The molecule has 0 fully saturated rings. The number of anilines is 1. The zero-order valence-electron chi connectivity index (χ0n) is 15.8. The summed E-state index contributed by atoms with van der Waals surface area (Å²) in [5, 5.41) is 2.78. The smallest absolute Gasteiger partial charge is 0.226 e. The van der Waals surface area contributed by atoms with Crippen LogP contribution in [0, 0.1) is 0 Å². The van der Waals surface area contributed by atoms with E-state index in [0.29, 0.717) is 5.69 Å². The molecule has 6 nitrogen and oxygen atoms in total. The van der Waals surface area contributed by atoms with Gasteiger partial charge < -0.3 is 10.2 Å². The summed E-state index contributed by atoms with van der Waals surface area (Å²) < 4.78 is 23.8. The summed E-state index contributed by atoms with van der Waals surface area (Å²) in [5.74, 6) is -0.376. The maximum Gasteiger partial charge on any atom is 0.226 e. The van der Waals surface area contributed by atoms with Gasteiger partial charge in [-0.1, -0.05) is 31.2 Å². The highest BCUT2D eigenvalue weighted by Crippen LogP contribution is 2.33. The zero-order valence-corrected chi connectivity index (χ0v) is 16.6. The Balaban J connectivity index is 1.76. The van der Waals surface area contributed by atoms with Crippen LogP contribution in [0.1, 0.15) is 37.4 Å². The summed E-state index contributed by atoms with van der Waals surface area (Å²) in [4.78, 5) is 26.4. The lowest BCUT2D eigenvalue weighted by molar-refractivity contribution is -0.129. The van der Waals surface area contributed by atoms with Crippen LogP contribution in [-0.2, 0) is 19.4 Å². The third-order valence-corrected chi connectivity index (χ3v) is 6.48. The van der Waals surface area contributed by atoms with Crippen LogP contribution in [0.15, 0.2) is 59.6 Å². The molecule has 0 unspecified atom stereocenters. The number of carbonyl (C=O) groups is 2. The van der Waals surface area contributed by atoms with E-state index in [0.717, 1.165) is 11.1 Å². The maximum atomic E-state index is 12.6. The molecule has 7 heteroatoms. The van der Waals surface area contributed by atoms with E-state index in [1.54, 1.807) is 30.2 Å². The Labute approximate surface area is 164 Å². The molecule has 0 aromatic heterocycles. The van der Waals surface area contributed by atoms with Gasteiger partial charge in [-0.3, -0.25) is 9.59 Å². The summed E-state index contributed by atoms with van der Waals surface area (Å²) in [6.45, 7) is 3.05. The van der Waals surface area contributed by atoms with Crippen molar-refractivity contribution in [3.8, 4) is 0 Å². The number of rotatable bonds is 5. The molecular formula is C21H22N2O4S. The molecule has 3 rings (SSSR count). The topological polar surface area (TPSA) is 83.6 Å². The van der Waals surface area contributed by atoms with Crippen molar-refractivity contribution in [3.63, 3.8) is 0 Å². The number of amides is 2. The zero-order chi connectivity index (χ0) is 20.3. The average molecular weight is 398 g/mol. The van der Waals surface area contributed by atoms with Gasteiger partial charge in [-0.25, -0.2) is 8.42 Å². The van der Waals surface area contributed by atoms with Crippen molar-refractivity contribution in [1.82, 2.24) is 4.90 Å². The van der Waals surface area contributed by atoms with Gasteiger partial charge in [0.05, 0.1) is 23.1 Å². The number of nitrogens with zero attached hydrogens (tertiary/aromatic N) is 1. The van der Waals surface area contributed by atoms with Gasteiger partial charge in [0, 0.05) is 18.8 Å². The first-order valence-electron chi connectivity index (χ1n) is 9.00. The van der Waals surface area contributed by atoms with Crippen molar-refractivity contribution >= 4 is 33.4 Å². The van der Waals surface area contributed by atoms with Crippen LogP contribution in [0.2, 0.25) is 0 Å². The highest BCUT2D eigenvalue weighted by Gasteiger charge is 2.28. The number of sulfone groups is 1. The fourth-order valence-corrected chi connectivity index (χ4v) is 4.10. The monoisotopic (exact) mass is 398 g/mol. The van der Waals surface area contributed by atoms with Gasteiger partial charge >= 0.3 is 0 Å². The molecule has 1 aliphatic heterocycles. The van der Waals surface area contributed by atoms with Crippen LogP contribution in [-0.4, -0.2) is 30.9 Å². The molecule has 0 saturated heterocycles. The second-order valence-corrected chi connectivity index (χ2v) is 8.85. The van der Waals surface area contributed by atoms with E-state index in [2.05, 4.69) is 5.32 Å². The third-order valence-electron chi connectivity index (χ3n) is 4.73. The summed E-state index contributed by atoms with van der Waals surface area (Å²) in [5.41, 5.74) is 2.40. The van der Waals surface area contributed by atoms with Gasteiger partial charge in [0.2, 0.25) is 11.8 Å². The SMILES string of the molecule is CCS(=O)(=O)c1ccc(NC(=O)C[C@H]2c3ccccc3C=CN2C(C)=O)cc1. The lowest BCUT2D eigenvalue weighted by atomic mass is 9.93. The molecule has 0 saturated carbocycles. The van der Waals surface area contributed by atoms with Gasteiger partial charge in [0.1, 0.15) is 0 Å². The first-order valence-corrected chi connectivity index (χ1v) is 10.7. The number of nitrogens with one attached hydrogen (secondary N) is 1. The van der Waals surface area contributed by atoms with Crippen LogP contribution in [0.5, 0.6) is 0 Å². The Bertz CT molecular complexity index is 1030. The number of hydrogen-bond acceptors (Lipinski definition) is 4. The molecule has 1 N–H and O–H groups in total. The van der Waals surface area contributed by atoms with E-state index in [1.807, 2.05) is 30.3 Å². The van der Waals surface area contributed by atoms with Crippen LogP contribution >= 0.6 is 0 Å². The van der Waals surface area contributed by atoms with Crippen molar-refractivity contribution < 1.29 is 18.0 Å². The van der Waals surface area contributed by atoms with Crippen LogP contribution in [0.25, 0.3) is 6.08 Å². The fraction of sp³-hybridized carbons (Fsp3) is 0.238. The lowest BCUT2D eigenvalue weighted by Gasteiger charge is -2.32. The molecule has 0 aliphatic carbocycles. The molecular weight excluding hydrogens is 376 g/mol. The molecule has 0 bridgehead atoms. The molecule has 0 radical (unpaired) electrons. The van der Waals surface area contributed by atoms with Crippen molar-refractivity contribution in [2.45, 2.75) is 31.2 Å². The molecule has 146 valence electrons. The Morgan fingerprint density at radius 3 is 2.39 bits per heavy atom. The van der Waals surface area contributed by atoms with E-state index in [9.17, 15) is 18.0 Å². The molecule has 1 aliphatic rings. The number of carbonyl (C=O) groups excluding carboxylic acids is 2. The first kappa shape index (κ1) is 19.8. The molecule has 1 atom stereocenters. The summed E-state index contributed by atoms with van der Waals surface area (Å²) >= 11 is 0. The van der Waals surface area contributed by atoms with Gasteiger partial charge in [-0.05, 0) is 41.5 Å². The molecule has 28 heavy (non-hydrogen) atoms. The molecule has 2 amide bonds. The van der Waals surface area contributed by atoms with Gasteiger partial charge in [-0.15, -0.1) is 0 Å². The second kappa shape index (κ2) is 7.98.